The molecule has 126 valence electrons. The summed E-state index contributed by atoms with van der Waals surface area (Å²) >= 11 is 4.44. The first-order valence-electron chi connectivity index (χ1n) is 7.74. The Labute approximate surface area is 148 Å². The molecule has 24 heavy (non-hydrogen) atoms. The number of benzene rings is 2. The van der Waals surface area contributed by atoms with Gasteiger partial charge in [0.1, 0.15) is 5.82 Å². The second-order valence-electron chi connectivity index (χ2n) is 5.75. The number of hydrogen-bond acceptors (Lipinski definition) is 2. The van der Waals surface area contributed by atoms with Gasteiger partial charge in [-0.3, -0.25) is 4.79 Å². The number of likely N-dealkylation sites (tertiary alicyclic amines) is 1. The number of carbonyl (C=O) groups is 1. The third kappa shape index (κ3) is 3.74. The minimum atomic E-state index is -1.36. The van der Waals surface area contributed by atoms with Crippen molar-refractivity contribution >= 4 is 28.7 Å². The summed E-state index contributed by atoms with van der Waals surface area (Å²) in [5.74, 6) is -0.600. The van der Waals surface area contributed by atoms with E-state index in [-0.39, 0.29) is 10.9 Å². The van der Waals surface area contributed by atoms with Gasteiger partial charge in [0.15, 0.2) is 10.1 Å². The molecule has 2 atom stereocenters. The molecule has 1 aliphatic heterocycles. The fourth-order valence-electron chi connectivity index (χ4n) is 2.84. The Balaban J connectivity index is 1.74. The molecule has 0 N–H and O–H groups in total. The van der Waals surface area contributed by atoms with Gasteiger partial charge in [-0.15, -0.1) is 0 Å². The lowest BCUT2D eigenvalue weighted by Crippen LogP contribution is -2.47. The Morgan fingerprint density at radius 3 is 2.71 bits per heavy atom. The van der Waals surface area contributed by atoms with Gasteiger partial charge in [-0.2, -0.15) is 0 Å². The summed E-state index contributed by atoms with van der Waals surface area (Å²) in [4.78, 5) is 15.1. The quantitative estimate of drug-likeness (QED) is 0.774. The van der Waals surface area contributed by atoms with Crippen molar-refractivity contribution in [3.05, 3.63) is 64.9 Å². The molecule has 1 aliphatic rings. The van der Waals surface area contributed by atoms with E-state index in [1.165, 1.54) is 12.1 Å². The lowest BCUT2D eigenvalue weighted by molar-refractivity contribution is -0.133. The van der Waals surface area contributed by atoms with Gasteiger partial charge in [0.2, 0.25) is 0 Å². The molecule has 0 radical (unpaired) electrons. The fourth-order valence-corrected chi connectivity index (χ4v) is 4.51. The molecular weight excluding hydrogens is 349 g/mol. The van der Waals surface area contributed by atoms with Crippen molar-refractivity contribution in [2.45, 2.75) is 29.5 Å². The summed E-state index contributed by atoms with van der Waals surface area (Å²) in [5.41, 5.74) is 0.765. The Bertz CT molecular complexity index is 728. The third-order valence-corrected chi connectivity index (χ3v) is 6.05. The molecule has 6 heteroatoms. The summed E-state index contributed by atoms with van der Waals surface area (Å²) in [6, 6.07) is 13.5. The Hall–Kier alpha value is -1.56. The van der Waals surface area contributed by atoms with Crippen LogP contribution in [0.2, 0.25) is 5.02 Å². The monoisotopic (exact) mass is 365 g/mol. The minimum Gasteiger partial charge on any atom is -0.611 e. The molecule has 0 saturated carbocycles. The topological polar surface area (TPSA) is 43.4 Å². The van der Waals surface area contributed by atoms with Gasteiger partial charge in [-0.25, -0.2) is 4.39 Å². The lowest BCUT2D eigenvalue weighted by Gasteiger charge is -2.32. The van der Waals surface area contributed by atoms with Crippen molar-refractivity contribution in [3.63, 3.8) is 0 Å². The van der Waals surface area contributed by atoms with Crippen molar-refractivity contribution < 1.29 is 13.7 Å². The van der Waals surface area contributed by atoms with Crippen LogP contribution in [-0.2, 0) is 22.5 Å². The molecule has 2 unspecified atom stereocenters. The highest BCUT2D eigenvalue weighted by Crippen LogP contribution is 2.26. The van der Waals surface area contributed by atoms with E-state index in [1.54, 1.807) is 23.1 Å². The van der Waals surface area contributed by atoms with Crippen molar-refractivity contribution in [1.82, 2.24) is 4.90 Å². The molecule has 1 fully saturated rings. The van der Waals surface area contributed by atoms with Gasteiger partial charge in [0.25, 0.3) is 5.91 Å². The van der Waals surface area contributed by atoms with Crippen LogP contribution in [-0.4, -0.2) is 27.2 Å². The maximum atomic E-state index is 13.3. The van der Waals surface area contributed by atoms with Gasteiger partial charge in [0, 0.05) is 19.5 Å². The molecule has 0 aliphatic carbocycles. The first-order valence-corrected chi connectivity index (χ1v) is 9.33. The van der Waals surface area contributed by atoms with Gasteiger partial charge in [-0.1, -0.05) is 35.9 Å². The zero-order chi connectivity index (χ0) is 17.1. The lowest BCUT2D eigenvalue weighted by atomic mass is 10.1. The average Bonchev–Trinajstić information content (AvgIpc) is 2.60. The molecule has 0 bridgehead atoms. The summed E-state index contributed by atoms with van der Waals surface area (Å²) in [6.45, 7) is 0.956. The number of amides is 1. The number of halogens is 2. The van der Waals surface area contributed by atoms with Crippen LogP contribution in [0.15, 0.2) is 53.4 Å². The van der Waals surface area contributed by atoms with Crippen LogP contribution in [0.1, 0.15) is 18.4 Å². The zero-order valence-electron chi connectivity index (χ0n) is 13.0. The second kappa shape index (κ2) is 7.55. The predicted octanol–water partition coefficient (Wildman–Crippen LogP) is 3.78. The standard InChI is InChI=1S/C18H17ClFNO2S/c19-15-11-13(8-9-16(15)20)12-21-10-4-7-17(18(21)22)24(23)14-5-2-1-3-6-14/h1-3,5-6,8-9,11,17H,4,7,10,12H2. The predicted molar refractivity (Wildman–Crippen MR) is 92.7 cm³/mol. The molecule has 0 aromatic heterocycles. The largest absolute Gasteiger partial charge is 0.611 e. The Morgan fingerprint density at radius 1 is 1.25 bits per heavy atom. The number of nitrogens with zero attached hydrogens (tertiary/aromatic N) is 1. The molecule has 2 aromatic carbocycles. The second-order valence-corrected chi connectivity index (χ2v) is 7.79. The van der Waals surface area contributed by atoms with E-state index in [9.17, 15) is 13.7 Å². The van der Waals surface area contributed by atoms with E-state index in [2.05, 4.69) is 0 Å². The number of piperidine rings is 1. The molecule has 1 heterocycles. The first-order chi connectivity index (χ1) is 11.6. The van der Waals surface area contributed by atoms with Crippen molar-refractivity contribution in [2.24, 2.45) is 0 Å². The van der Waals surface area contributed by atoms with Crippen molar-refractivity contribution in [1.29, 1.82) is 0 Å². The van der Waals surface area contributed by atoms with Crippen molar-refractivity contribution in [3.8, 4) is 0 Å². The van der Waals surface area contributed by atoms with E-state index in [1.807, 2.05) is 18.2 Å². The van der Waals surface area contributed by atoms with Gasteiger partial charge in [-0.05, 0) is 47.4 Å². The van der Waals surface area contributed by atoms with Crippen LogP contribution in [0, 0.1) is 5.82 Å². The minimum absolute atomic E-state index is 0.0429. The van der Waals surface area contributed by atoms with Crippen LogP contribution in [0.4, 0.5) is 4.39 Å². The highest BCUT2D eigenvalue weighted by atomic mass is 35.5. The molecule has 3 nitrogen and oxygen atoms in total. The molecule has 3 rings (SSSR count). The number of rotatable bonds is 4. The number of carbonyl (C=O) groups excluding carboxylic acids is 1. The van der Waals surface area contributed by atoms with E-state index in [0.29, 0.717) is 24.4 Å². The van der Waals surface area contributed by atoms with Crippen LogP contribution < -0.4 is 0 Å². The van der Waals surface area contributed by atoms with E-state index in [4.69, 9.17) is 11.6 Å². The van der Waals surface area contributed by atoms with Gasteiger partial charge < -0.3 is 9.45 Å². The zero-order valence-corrected chi connectivity index (χ0v) is 14.5. The van der Waals surface area contributed by atoms with Gasteiger partial charge >= 0.3 is 0 Å². The maximum Gasteiger partial charge on any atom is 0.276 e. The summed E-state index contributed by atoms with van der Waals surface area (Å²) in [5, 5.41) is -0.488. The highest BCUT2D eigenvalue weighted by Gasteiger charge is 2.38. The van der Waals surface area contributed by atoms with E-state index in [0.717, 1.165) is 12.0 Å². The summed E-state index contributed by atoms with van der Waals surface area (Å²) < 4.78 is 26.0. The Kier molecular flexibility index (Phi) is 5.43. The normalized spacial score (nSPS) is 19.4. The van der Waals surface area contributed by atoms with Crippen LogP contribution in [0.3, 0.4) is 0 Å². The molecule has 0 spiro atoms. The fraction of sp³-hybridized carbons (Fsp3) is 0.278. The van der Waals surface area contributed by atoms with Gasteiger partial charge in [0.05, 0.1) is 5.02 Å². The van der Waals surface area contributed by atoms with E-state index < -0.39 is 22.2 Å². The van der Waals surface area contributed by atoms with Crippen molar-refractivity contribution in [2.75, 3.05) is 6.54 Å². The Morgan fingerprint density at radius 2 is 2.00 bits per heavy atom. The highest BCUT2D eigenvalue weighted by molar-refractivity contribution is 7.92. The van der Waals surface area contributed by atoms with Crippen LogP contribution in [0.25, 0.3) is 0 Å². The van der Waals surface area contributed by atoms with E-state index >= 15 is 0 Å². The molecule has 1 amide bonds. The molecular formula is C18H17ClFNO2S. The SMILES string of the molecule is O=C1C([S+]([O-])c2ccccc2)CCCN1Cc1ccc(F)c(Cl)c1. The molecule has 1 saturated heterocycles. The summed E-state index contributed by atoms with van der Waals surface area (Å²) in [6.07, 6.45) is 1.41. The first kappa shape index (κ1) is 17.3. The maximum absolute atomic E-state index is 13.3. The smallest absolute Gasteiger partial charge is 0.276 e. The summed E-state index contributed by atoms with van der Waals surface area (Å²) in [7, 11) is 0. The number of hydrogen-bond donors (Lipinski definition) is 0. The van der Waals surface area contributed by atoms with Crippen LogP contribution in [0.5, 0.6) is 0 Å². The van der Waals surface area contributed by atoms with Crippen LogP contribution >= 0.6 is 11.6 Å². The average molecular weight is 366 g/mol. The third-order valence-electron chi connectivity index (χ3n) is 4.07. The molecule has 2 aromatic rings.